The summed E-state index contributed by atoms with van der Waals surface area (Å²) in [5.74, 6) is 0.522. The van der Waals surface area contributed by atoms with Crippen molar-refractivity contribution in [1.29, 1.82) is 0 Å². The molecule has 1 aliphatic rings. The molecule has 6 heteroatoms. The minimum atomic E-state index is 0.00774. The van der Waals surface area contributed by atoms with Crippen LogP contribution in [-0.2, 0) is 0 Å². The average molecular weight is 321 g/mol. The van der Waals surface area contributed by atoms with Crippen LogP contribution < -0.4 is 10.6 Å². The van der Waals surface area contributed by atoms with Gasteiger partial charge in [-0.25, -0.2) is 4.98 Å². The fourth-order valence-corrected chi connectivity index (χ4v) is 4.30. The summed E-state index contributed by atoms with van der Waals surface area (Å²) < 4.78 is 0. The van der Waals surface area contributed by atoms with E-state index in [1.165, 1.54) is 11.3 Å². The summed E-state index contributed by atoms with van der Waals surface area (Å²) in [6.45, 7) is 5.99. The molecule has 0 aromatic carbocycles. The first-order valence-corrected chi connectivity index (χ1v) is 8.87. The first-order valence-electron chi connectivity index (χ1n) is 7.18. The first kappa shape index (κ1) is 14.7. The molecule has 0 bridgehead atoms. The molecule has 3 heterocycles. The molecule has 0 radical (unpaired) electrons. The largest absolute Gasteiger partial charge is 0.347 e. The maximum atomic E-state index is 12.5. The summed E-state index contributed by atoms with van der Waals surface area (Å²) in [6, 6.07) is 4.25. The van der Waals surface area contributed by atoms with Crippen LogP contribution in [0, 0.1) is 12.8 Å². The highest BCUT2D eigenvalue weighted by Crippen LogP contribution is 2.31. The number of aryl methyl sites for hydroxylation is 1. The van der Waals surface area contributed by atoms with Gasteiger partial charge in [0, 0.05) is 12.6 Å². The van der Waals surface area contributed by atoms with Crippen LogP contribution in [0.25, 0.3) is 9.88 Å². The Bertz CT molecular complexity index is 621. The Hall–Kier alpha value is -1.24. The smallest absolute Gasteiger partial charge is 0.263 e. The van der Waals surface area contributed by atoms with Crippen molar-refractivity contribution < 1.29 is 4.79 Å². The van der Waals surface area contributed by atoms with E-state index in [4.69, 9.17) is 0 Å². The Labute approximate surface area is 132 Å². The Morgan fingerprint density at radius 3 is 3.10 bits per heavy atom. The summed E-state index contributed by atoms with van der Waals surface area (Å²) in [6.07, 6.45) is 1.10. The van der Waals surface area contributed by atoms with E-state index >= 15 is 0 Å². The SMILES string of the molecule is Cc1nc(-c2cccs2)sc1C(=O)NC1CNCCC1C. The maximum absolute atomic E-state index is 12.5. The molecule has 1 fully saturated rings. The summed E-state index contributed by atoms with van der Waals surface area (Å²) in [5, 5.41) is 9.46. The number of piperidine rings is 1. The number of thiazole rings is 1. The van der Waals surface area contributed by atoms with Gasteiger partial charge in [0.1, 0.15) is 9.88 Å². The molecular weight excluding hydrogens is 302 g/mol. The fourth-order valence-electron chi connectivity index (χ4n) is 2.53. The summed E-state index contributed by atoms with van der Waals surface area (Å²) in [4.78, 5) is 18.9. The fraction of sp³-hybridized carbons (Fsp3) is 0.467. The summed E-state index contributed by atoms with van der Waals surface area (Å²) in [5.41, 5.74) is 0.817. The minimum Gasteiger partial charge on any atom is -0.347 e. The van der Waals surface area contributed by atoms with Gasteiger partial charge < -0.3 is 10.6 Å². The van der Waals surface area contributed by atoms with E-state index in [1.54, 1.807) is 11.3 Å². The molecule has 112 valence electrons. The van der Waals surface area contributed by atoms with Gasteiger partial charge in [0.05, 0.1) is 10.6 Å². The maximum Gasteiger partial charge on any atom is 0.263 e. The number of carbonyl (C=O) groups excluding carboxylic acids is 1. The van der Waals surface area contributed by atoms with Gasteiger partial charge in [-0.2, -0.15) is 0 Å². The van der Waals surface area contributed by atoms with E-state index in [9.17, 15) is 4.79 Å². The zero-order valence-electron chi connectivity index (χ0n) is 12.2. The van der Waals surface area contributed by atoms with Gasteiger partial charge in [-0.15, -0.1) is 22.7 Å². The van der Waals surface area contributed by atoms with E-state index in [2.05, 4.69) is 22.5 Å². The molecule has 0 saturated carbocycles. The van der Waals surface area contributed by atoms with E-state index in [1.807, 2.05) is 24.4 Å². The molecule has 2 aromatic rings. The predicted octanol–water partition coefficient (Wildman–Crippen LogP) is 2.91. The van der Waals surface area contributed by atoms with Crippen molar-refractivity contribution in [3.8, 4) is 9.88 Å². The van der Waals surface area contributed by atoms with Crippen molar-refractivity contribution in [3.63, 3.8) is 0 Å². The number of nitrogens with one attached hydrogen (secondary N) is 2. The van der Waals surface area contributed by atoms with Crippen LogP contribution in [0.4, 0.5) is 0 Å². The van der Waals surface area contributed by atoms with Crippen molar-refractivity contribution in [2.45, 2.75) is 26.3 Å². The molecule has 4 nitrogen and oxygen atoms in total. The number of rotatable bonds is 3. The van der Waals surface area contributed by atoms with Crippen molar-refractivity contribution >= 4 is 28.6 Å². The third-order valence-corrected chi connectivity index (χ3v) is 6.07. The van der Waals surface area contributed by atoms with Gasteiger partial charge in [0.25, 0.3) is 5.91 Å². The predicted molar refractivity (Wildman–Crippen MR) is 88.1 cm³/mol. The topological polar surface area (TPSA) is 54.0 Å². The van der Waals surface area contributed by atoms with Crippen LogP contribution in [0.3, 0.4) is 0 Å². The molecular formula is C15H19N3OS2. The zero-order chi connectivity index (χ0) is 14.8. The molecule has 1 aliphatic heterocycles. The molecule has 21 heavy (non-hydrogen) atoms. The van der Waals surface area contributed by atoms with Gasteiger partial charge in [-0.05, 0) is 37.3 Å². The Morgan fingerprint density at radius 1 is 1.52 bits per heavy atom. The van der Waals surface area contributed by atoms with Crippen LogP contribution in [0.15, 0.2) is 17.5 Å². The van der Waals surface area contributed by atoms with E-state index in [0.29, 0.717) is 5.92 Å². The highest BCUT2D eigenvalue weighted by molar-refractivity contribution is 7.22. The van der Waals surface area contributed by atoms with Crippen molar-refractivity contribution in [2.75, 3.05) is 13.1 Å². The van der Waals surface area contributed by atoms with Gasteiger partial charge >= 0.3 is 0 Å². The average Bonchev–Trinajstić information content (AvgIpc) is 3.10. The monoisotopic (exact) mass is 321 g/mol. The number of nitrogens with zero attached hydrogens (tertiary/aromatic N) is 1. The molecule has 2 unspecified atom stereocenters. The van der Waals surface area contributed by atoms with Crippen LogP contribution in [0.5, 0.6) is 0 Å². The molecule has 2 N–H and O–H groups in total. The quantitative estimate of drug-likeness (QED) is 0.914. The van der Waals surface area contributed by atoms with Crippen LogP contribution >= 0.6 is 22.7 Å². The molecule has 0 spiro atoms. The Kier molecular flexibility index (Phi) is 4.37. The second-order valence-electron chi connectivity index (χ2n) is 5.46. The number of hydrogen-bond acceptors (Lipinski definition) is 5. The lowest BCUT2D eigenvalue weighted by molar-refractivity contribution is 0.0918. The molecule has 2 aromatic heterocycles. The van der Waals surface area contributed by atoms with Crippen LogP contribution in [-0.4, -0.2) is 30.0 Å². The Morgan fingerprint density at radius 2 is 2.38 bits per heavy atom. The third-order valence-electron chi connectivity index (χ3n) is 3.88. The number of thiophene rings is 1. The lowest BCUT2D eigenvalue weighted by Crippen LogP contribution is -2.50. The van der Waals surface area contributed by atoms with E-state index in [-0.39, 0.29) is 11.9 Å². The summed E-state index contributed by atoms with van der Waals surface area (Å²) >= 11 is 3.13. The second-order valence-corrected chi connectivity index (χ2v) is 7.41. The van der Waals surface area contributed by atoms with E-state index in [0.717, 1.165) is 40.0 Å². The number of hydrogen-bond donors (Lipinski definition) is 2. The molecule has 0 aliphatic carbocycles. The lowest BCUT2D eigenvalue weighted by Gasteiger charge is -2.30. The van der Waals surface area contributed by atoms with Crippen molar-refractivity contribution in [1.82, 2.24) is 15.6 Å². The zero-order valence-corrected chi connectivity index (χ0v) is 13.8. The van der Waals surface area contributed by atoms with Crippen LogP contribution in [0.2, 0.25) is 0 Å². The normalized spacial score (nSPS) is 22.2. The van der Waals surface area contributed by atoms with Gasteiger partial charge in [0.2, 0.25) is 0 Å². The van der Waals surface area contributed by atoms with E-state index < -0.39 is 0 Å². The number of carbonyl (C=O) groups is 1. The summed E-state index contributed by atoms with van der Waals surface area (Å²) in [7, 11) is 0. The Balaban J connectivity index is 1.75. The standard InChI is InChI=1S/C15H19N3OS2/c1-9-5-6-16-8-11(9)18-14(19)13-10(2)17-15(21-13)12-4-3-7-20-12/h3-4,7,9,11,16H,5-6,8H2,1-2H3,(H,18,19). The molecule has 3 rings (SSSR count). The minimum absolute atomic E-state index is 0.00774. The van der Waals surface area contributed by atoms with Crippen molar-refractivity contribution in [2.24, 2.45) is 5.92 Å². The first-order chi connectivity index (χ1) is 10.1. The number of amides is 1. The number of aromatic nitrogens is 1. The lowest BCUT2D eigenvalue weighted by atomic mass is 9.95. The molecule has 2 atom stereocenters. The highest BCUT2D eigenvalue weighted by Gasteiger charge is 2.25. The second kappa shape index (κ2) is 6.25. The third kappa shape index (κ3) is 3.17. The van der Waals surface area contributed by atoms with Gasteiger partial charge in [0.15, 0.2) is 0 Å². The van der Waals surface area contributed by atoms with Gasteiger partial charge in [-0.3, -0.25) is 4.79 Å². The molecule has 1 amide bonds. The molecule has 1 saturated heterocycles. The van der Waals surface area contributed by atoms with Crippen molar-refractivity contribution in [3.05, 3.63) is 28.1 Å². The highest BCUT2D eigenvalue weighted by atomic mass is 32.1. The van der Waals surface area contributed by atoms with Gasteiger partial charge in [-0.1, -0.05) is 13.0 Å². The van der Waals surface area contributed by atoms with Crippen LogP contribution in [0.1, 0.15) is 28.7 Å².